The van der Waals surface area contributed by atoms with Gasteiger partial charge < -0.3 is 9.88 Å². The molecule has 6 heteroatoms. The van der Waals surface area contributed by atoms with Crippen LogP contribution in [0.25, 0.3) is 0 Å². The average molecular weight is 312 g/mol. The van der Waals surface area contributed by atoms with E-state index < -0.39 is 0 Å². The van der Waals surface area contributed by atoms with Crippen LogP contribution >= 0.6 is 0 Å². The molecule has 0 bridgehead atoms. The quantitative estimate of drug-likeness (QED) is 0.784. The molecule has 0 saturated carbocycles. The summed E-state index contributed by atoms with van der Waals surface area (Å²) in [5.41, 5.74) is 8.08. The van der Waals surface area contributed by atoms with Gasteiger partial charge in [-0.25, -0.2) is 5.43 Å². The Labute approximate surface area is 136 Å². The first-order valence-electron chi connectivity index (χ1n) is 8.46. The van der Waals surface area contributed by atoms with Gasteiger partial charge in [-0.05, 0) is 18.9 Å². The molecule has 1 fully saturated rings. The van der Waals surface area contributed by atoms with Crippen molar-refractivity contribution in [3.05, 3.63) is 47.5 Å². The molecule has 6 nitrogen and oxygen atoms in total. The van der Waals surface area contributed by atoms with Crippen molar-refractivity contribution in [2.24, 2.45) is 5.92 Å². The van der Waals surface area contributed by atoms with Crippen LogP contribution in [0.15, 0.2) is 30.3 Å². The van der Waals surface area contributed by atoms with E-state index in [0.717, 1.165) is 44.1 Å². The first-order valence-corrected chi connectivity index (χ1v) is 8.46. The van der Waals surface area contributed by atoms with E-state index in [2.05, 4.69) is 61.3 Å². The van der Waals surface area contributed by atoms with Gasteiger partial charge in [0.05, 0.1) is 6.04 Å². The molecule has 0 radical (unpaired) electrons. The molecule has 2 aliphatic heterocycles. The highest BCUT2D eigenvalue weighted by atomic mass is 15.4. The lowest BCUT2D eigenvalue weighted by Gasteiger charge is -2.27. The topological polar surface area (TPSA) is 66.8 Å². The predicted octanol–water partition coefficient (Wildman–Crippen LogP) is 0.956. The molecular weight excluding hydrogens is 288 g/mol. The van der Waals surface area contributed by atoms with E-state index in [1.54, 1.807) is 0 Å². The van der Waals surface area contributed by atoms with Crippen molar-refractivity contribution in [3.8, 4) is 0 Å². The first-order chi connectivity index (χ1) is 11.3. The number of hydrogen-bond donors (Lipinski definition) is 3. The Morgan fingerprint density at radius 2 is 2.13 bits per heavy atom. The second-order valence-electron chi connectivity index (χ2n) is 6.59. The Bertz CT molecular complexity index is 652. The molecule has 0 spiro atoms. The second-order valence-corrected chi connectivity index (χ2v) is 6.59. The van der Waals surface area contributed by atoms with E-state index >= 15 is 0 Å². The van der Waals surface area contributed by atoms with Gasteiger partial charge in [0.2, 0.25) is 0 Å². The molecule has 0 aliphatic carbocycles. The van der Waals surface area contributed by atoms with E-state index in [0.29, 0.717) is 18.0 Å². The van der Waals surface area contributed by atoms with E-state index in [9.17, 15) is 0 Å². The minimum absolute atomic E-state index is 0.375. The Balaban J connectivity index is 1.37. The minimum Gasteiger partial charge on any atom is -0.314 e. The van der Waals surface area contributed by atoms with Gasteiger partial charge in [0.15, 0.2) is 0 Å². The summed E-state index contributed by atoms with van der Waals surface area (Å²) in [6.45, 7) is 5.03. The fourth-order valence-corrected chi connectivity index (χ4v) is 3.69. The van der Waals surface area contributed by atoms with Gasteiger partial charge in [0.25, 0.3) is 0 Å². The zero-order chi connectivity index (χ0) is 15.6. The van der Waals surface area contributed by atoms with Crippen molar-refractivity contribution in [1.82, 2.24) is 30.9 Å². The number of aryl methyl sites for hydroxylation is 2. The van der Waals surface area contributed by atoms with Crippen LogP contribution in [-0.4, -0.2) is 33.9 Å². The number of fused-ring (bicyclic) bond motifs is 1. The van der Waals surface area contributed by atoms with Gasteiger partial charge in [-0.15, -0.1) is 10.2 Å². The molecule has 1 aromatic carbocycles. The van der Waals surface area contributed by atoms with Gasteiger partial charge in [-0.3, -0.25) is 5.43 Å². The lowest BCUT2D eigenvalue weighted by molar-refractivity contribution is 0.341. The molecule has 0 amide bonds. The third kappa shape index (κ3) is 3.02. The van der Waals surface area contributed by atoms with Crippen LogP contribution in [0.3, 0.4) is 0 Å². The van der Waals surface area contributed by atoms with Crippen molar-refractivity contribution in [1.29, 1.82) is 0 Å². The van der Waals surface area contributed by atoms with E-state index in [4.69, 9.17) is 0 Å². The number of benzene rings is 1. The summed E-state index contributed by atoms with van der Waals surface area (Å²) in [5, 5.41) is 12.2. The zero-order valence-electron chi connectivity index (χ0n) is 13.5. The summed E-state index contributed by atoms with van der Waals surface area (Å²) in [4.78, 5) is 0. The second kappa shape index (κ2) is 6.39. The summed E-state index contributed by atoms with van der Waals surface area (Å²) in [5.74, 6) is 2.71. The number of nitrogens with one attached hydrogen (secondary N) is 3. The monoisotopic (exact) mass is 312 g/mol. The summed E-state index contributed by atoms with van der Waals surface area (Å²) in [6, 6.07) is 11.6. The van der Waals surface area contributed by atoms with Crippen LogP contribution in [0.5, 0.6) is 0 Å². The Morgan fingerprint density at radius 1 is 1.26 bits per heavy atom. The van der Waals surface area contributed by atoms with Crippen LogP contribution < -0.4 is 16.2 Å². The SMILES string of the molecule is Cc1nnc2n1CC(NCC1CNNC1c1ccccc1)CC2. The molecule has 1 saturated heterocycles. The molecule has 1 aromatic heterocycles. The van der Waals surface area contributed by atoms with Gasteiger partial charge in [0, 0.05) is 38.0 Å². The van der Waals surface area contributed by atoms with Crippen molar-refractivity contribution < 1.29 is 0 Å². The molecule has 122 valence electrons. The van der Waals surface area contributed by atoms with Crippen LogP contribution in [0, 0.1) is 12.8 Å². The highest BCUT2D eigenvalue weighted by Gasteiger charge is 2.29. The zero-order valence-corrected chi connectivity index (χ0v) is 13.5. The number of nitrogens with zero attached hydrogens (tertiary/aromatic N) is 3. The number of hydrogen-bond acceptors (Lipinski definition) is 5. The smallest absolute Gasteiger partial charge is 0.133 e. The molecular formula is C17H24N6. The van der Waals surface area contributed by atoms with Crippen LogP contribution in [0.4, 0.5) is 0 Å². The highest BCUT2D eigenvalue weighted by Crippen LogP contribution is 2.24. The molecule has 2 aromatic rings. The molecule has 3 N–H and O–H groups in total. The Kier molecular flexibility index (Phi) is 4.11. The summed E-state index contributed by atoms with van der Waals surface area (Å²) >= 11 is 0. The maximum atomic E-state index is 4.25. The van der Waals surface area contributed by atoms with Crippen LogP contribution in [0.1, 0.15) is 29.7 Å². The highest BCUT2D eigenvalue weighted by molar-refractivity contribution is 5.20. The number of rotatable bonds is 4. The first kappa shape index (κ1) is 14.8. The molecule has 3 atom stereocenters. The van der Waals surface area contributed by atoms with Crippen LogP contribution in [0.2, 0.25) is 0 Å². The van der Waals surface area contributed by atoms with Crippen molar-refractivity contribution in [2.75, 3.05) is 13.1 Å². The Morgan fingerprint density at radius 3 is 3.00 bits per heavy atom. The lowest BCUT2D eigenvalue weighted by atomic mass is 9.94. The van der Waals surface area contributed by atoms with Crippen LogP contribution in [-0.2, 0) is 13.0 Å². The summed E-state index contributed by atoms with van der Waals surface area (Å²) < 4.78 is 2.25. The maximum Gasteiger partial charge on any atom is 0.133 e. The van der Waals surface area contributed by atoms with E-state index in [1.165, 1.54) is 5.56 Å². The van der Waals surface area contributed by atoms with Crippen molar-refractivity contribution in [3.63, 3.8) is 0 Å². The lowest BCUT2D eigenvalue weighted by Crippen LogP contribution is -2.41. The Hall–Kier alpha value is -1.76. The summed E-state index contributed by atoms with van der Waals surface area (Å²) in [7, 11) is 0. The van der Waals surface area contributed by atoms with Gasteiger partial charge in [-0.2, -0.15) is 0 Å². The number of aromatic nitrogens is 3. The van der Waals surface area contributed by atoms with E-state index in [1.807, 2.05) is 6.92 Å². The number of hydrazine groups is 1. The van der Waals surface area contributed by atoms with Crippen molar-refractivity contribution >= 4 is 0 Å². The molecule has 3 heterocycles. The molecule has 23 heavy (non-hydrogen) atoms. The average Bonchev–Trinajstić information content (AvgIpc) is 3.21. The molecule has 2 aliphatic rings. The van der Waals surface area contributed by atoms with Crippen molar-refractivity contribution in [2.45, 2.75) is 38.4 Å². The largest absolute Gasteiger partial charge is 0.314 e. The van der Waals surface area contributed by atoms with E-state index in [-0.39, 0.29) is 0 Å². The summed E-state index contributed by atoms with van der Waals surface area (Å²) in [6.07, 6.45) is 2.16. The third-order valence-corrected chi connectivity index (χ3v) is 5.05. The minimum atomic E-state index is 0.375. The van der Waals surface area contributed by atoms with Gasteiger partial charge in [0.1, 0.15) is 11.6 Å². The predicted molar refractivity (Wildman–Crippen MR) is 88.7 cm³/mol. The fraction of sp³-hybridized carbons (Fsp3) is 0.529. The third-order valence-electron chi connectivity index (χ3n) is 5.05. The normalized spacial score (nSPS) is 27.1. The molecule has 3 unspecified atom stereocenters. The maximum absolute atomic E-state index is 4.25. The molecule has 4 rings (SSSR count). The fourth-order valence-electron chi connectivity index (χ4n) is 3.69. The van der Waals surface area contributed by atoms with Gasteiger partial charge in [-0.1, -0.05) is 30.3 Å². The van der Waals surface area contributed by atoms with Gasteiger partial charge >= 0.3 is 0 Å². The standard InChI is InChI=1S/C17H24N6/c1-12-20-21-16-8-7-15(11-23(12)16)18-9-14-10-19-22-17(14)13-5-3-2-4-6-13/h2-6,14-15,17-19,22H,7-11H2,1H3.